The molecular formula is C17H14F3NO2. The van der Waals surface area contributed by atoms with Crippen LogP contribution in [0.1, 0.15) is 15.9 Å². The molecule has 0 fully saturated rings. The lowest BCUT2D eigenvalue weighted by Gasteiger charge is -2.10. The Morgan fingerprint density at radius 3 is 2.43 bits per heavy atom. The smallest absolute Gasteiger partial charge is 0.416 e. The van der Waals surface area contributed by atoms with Crippen molar-refractivity contribution in [2.24, 2.45) is 0 Å². The van der Waals surface area contributed by atoms with Crippen LogP contribution in [0.5, 0.6) is 11.5 Å². The third-order valence-corrected chi connectivity index (χ3v) is 2.90. The Hall–Kier alpha value is -2.76. The molecule has 0 aliphatic rings. The Morgan fingerprint density at radius 1 is 1.13 bits per heavy atom. The van der Waals surface area contributed by atoms with Gasteiger partial charge in [-0.25, -0.2) is 0 Å². The number of rotatable bonds is 5. The summed E-state index contributed by atoms with van der Waals surface area (Å²) in [5.74, 6) is -0.00144. The SMILES string of the molecule is C=CCNC(=O)c1cccc(Oc2cccc(C(F)(F)F)c2)c1. The number of hydrogen-bond acceptors (Lipinski definition) is 2. The van der Waals surface area contributed by atoms with E-state index >= 15 is 0 Å². The van der Waals surface area contributed by atoms with Crippen LogP contribution in [-0.2, 0) is 6.18 Å². The van der Waals surface area contributed by atoms with Gasteiger partial charge >= 0.3 is 6.18 Å². The zero-order chi connectivity index (χ0) is 16.9. The molecule has 2 aromatic carbocycles. The maximum Gasteiger partial charge on any atom is 0.416 e. The standard InChI is InChI=1S/C17H14F3NO2/c1-2-9-21-16(22)12-5-3-7-14(10-12)23-15-8-4-6-13(11-15)17(18,19)20/h2-8,10-11H,1,9H2,(H,21,22). The Morgan fingerprint density at radius 2 is 1.78 bits per heavy atom. The number of halogens is 3. The van der Waals surface area contributed by atoms with Crippen molar-refractivity contribution >= 4 is 5.91 Å². The van der Waals surface area contributed by atoms with E-state index in [1.807, 2.05) is 0 Å². The van der Waals surface area contributed by atoms with Gasteiger partial charge < -0.3 is 10.1 Å². The topological polar surface area (TPSA) is 38.3 Å². The van der Waals surface area contributed by atoms with Crippen molar-refractivity contribution < 1.29 is 22.7 Å². The highest BCUT2D eigenvalue weighted by Gasteiger charge is 2.30. The summed E-state index contributed by atoms with van der Waals surface area (Å²) in [5, 5.41) is 2.61. The van der Waals surface area contributed by atoms with Crippen molar-refractivity contribution in [2.75, 3.05) is 6.54 Å². The normalized spacial score (nSPS) is 10.9. The Labute approximate surface area is 131 Å². The molecule has 0 aromatic heterocycles. The molecule has 1 amide bonds. The zero-order valence-electron chi connectivity index (χ0n) is 12.1. The average Bonchev–Trinajstić information content (AvgIpc) is 2.52. The first-order valence-electron chi connectivity index (χ1n) is 6.74. The van der Waals surface area contributed by atoms with E-state index in [1.54, 1.807) is 24.3 Å². The highest BCUT2D eigenvalue weighted by molar-refractivity contribution is 5.94. The predicted molar refractivity (Wildman–Crippen MR) is 80.5 cm³/mol. The molecule has 0 spiro atoms. The zero-order valence-corrected chi connectivity index (χ0v) is 12.1. The minimum Gasteiger partial charge on any atom is -0.457 e. The van der Waals surface area contributed by atoms with Gasteiger partial charge in [-0.2, -0.15) is 13.2 Å². The molecule has 0 aliphatic carbocycles. The van der Waals surface area contributed by atoms with Crippen molar-refractivity contribution in [1.29, 1.82) is 0 Å². The highest BCUT2D eigenvalue weighted by Crippen LogP contribution is 2.32. The van der Waals surface area contributed by atoms with Crippen LogP contribution < -0.4 is 10.1 Å². The van der Waals surface area contributed by atoms with Crippen molar-refractivity contribution in [2.45, 2.75) is 6.18 Å². The summed E-state index contributed by atoms with van der Waals surface area (Å²) >= 11 is 0. The largest absolute Gasteiger partial charge is 0.457 e. The van der Waals surface area contributed by atoms with E-state index in [0.29, 0.717) is 12.1 Å². The van der Waals surface area contributed by atoms with Crippen molar-refractivity contribution in [3.05, 3.63) is 72.3 Å². The number of hydrogen-bond donors (Lipinski definition) is 1. The molecule has 0 heterocycles. The van der Waals surface area contributed by atoms with Crippen LogP contribution in [-0.4, -0.2) is 12.5 Å². The predicted octanol–water partition coefficient (Wildman–Crippen LogP) is 4.41. The molecule has 0 aliphatic heterocycles. The summed E-state index contributed by atoms with van der Waals surface area (Å²) in [6.45, 7) is 3.81. The first-order valence-corrected chi connectivity index (χ1v) is 6.74. The molecule has 120 valence electrons. The second-order valence-electron chi connectivity index (χ2n) is 4.65. The van der Waals surface area contributed by atoms with Gasteiger partial charge in [0.25, 0.3) is 5.91 Å². The fourth-order valence-electron chi connectivity index (χ4n) is 1.84. The van der Waals surface area contributed by atoms with E-state index < -0.39 is 11.7 Å². The van der Waals surface area contributed by atoms with E-state index in [1.165, 1.54) is 18.2 Å². The molecule has 23 heavy (non-hydrogen) atoms. The molecule has 0 saturated heterocycles. The van der Waals surface area contributed by atoms with Crippen molar-refractivity contribution in [1.82, 2.24) is 5.32 Å². The van der Waals surface area contributed by atoms with Crippen LogP contribution in [0.2, 0.25) is 0 Å². The lowest BCUT2D eigenvalue weighted by Crippen LogP contribution is -2.23. The van der Waals surface area contributed by atoms with Gasteiger partial charge in [-0.15, -0.1) is 6.58 Å². The second-order valence-corrected chi connectivity index (χ2v) is 4.65. The lowest BCUT2D eigenvalue weighted by atomic mass is 10.2. The molecule has 1 N–H and O–H groups in total. The average molecular weight is 321 g/mol. The van der Waals surface area contributed by atoms with Gasteiger partial charge in [0.2, 0.25) is 0 Å². The fraction of sp³-hybridized carbons (Fsp3) is 0.118. The lowest BCUT2D eigenvalue weighted by molar-refractivity contribution is -0.137. The summed E-state index contributed by atoms with van der Waals surface area (Å²) in [6.07, 6.45) is -2.90. The van der Waals surface area contributed by atoms with Crippen molar-refractivity contribution in [3.63, 3.8) is 0 Å². The molecule has 0 unspecified atom stereocenters. The van der Waals surface area contributed by atoms with Gasteiger partial charge in [0.05, 0.1) is 5.56 Å². The number of amides is 1. The Kier molecular flexibility index (Phi) is 5.05. The third-order valence-electron chi connectivity index (χ3n) is 2.90. The van der Waals surface area contributed by atoms with Crippen LogP contribution in [0.3, 0.4) is 0 Å². The van der Waals surface area contributed by atoms with E-state index in [2.05, 4.69) is 11.9 Å². The summed E-state index contributed by atoms with van der Waals surface area (Å²) in [4.78, 5) is 11.8. The van der Waals surface area contributed by atoms with Gasteiger partial charge in [0, 0.05) is 12.1 Å². The molecule has 0 atom stereocenters. The maximum absolute atomic E-state index is 12.7. The molecule has 6 heteroatoms. The molecule has 3 nitrogen and oxygen atoms in total. The number of nitrogens with one attached hydrogen (secondary N) is 1. The molecular weight excluding hydrogens is 307 g/mol. The minimum absolute atomic E-state index is 0.0449. The molecule has 0 saturated carbocycles. The summed E-state index contributed by atoms with van der Waals surface area (Å²) < 4.78 is 43.4. The quantitative estimate of drug-likeness (QED) is 0.828. The molecule has 2 rings (SSSR count). The van der Waals surface area contributed by atoms with E-state index in [4.69, 9.17) is 4.74 Å². The first-order chi connectivity index (χ1) is 10.9. The van der Waals surface area contributed by atoms with E-state index in [0.717, 1.165) is 12.1 Å². The minimum atomic E-state index is -4.44. The van der Waals surface area contributed by atoms with E-state index in [9.17, 15) is 18.0 Å². The van der Waals surface area contributed by atoms with Gasteiger partial charge in [-0.05, 0) is 36.4 Å². The van der Waals surface area contributed by atoms with Crippen LogP contribution in [0.15, 0.2) is 61.2 Å². The second kappa shape index (κ2) is 7.00. The van der Waals surface area contributed by atoms with Gasteiger partial charge in [-0.3, -0.25) is 4.79 Å². The van der Waals surface area contributed by atoms with Gasteiger partial charge in [0.15, 0.2) is 0 Å². The number of carbonyl (C=O) groups is 1. The maximum atomic E-state index is 12.7. The Balaban J connectivity index is 2.18. The number of ether oxygens (including phenoxy) is 1. The fourth-order valence-corrected chi connectivity index (χ4v) is 1.84. The third kappa shape index (κ3) is 4.60. The van der Waals surface area contributed by atoms with Crippen LogP contribution in [0.4, 0.5) is 13.2 Å². The molecule has 2 aromatic rings. The van der Waals surface area contributed by atoms with Crippen LogP contribution >= 0.6 is 0 Å². The van der Waals surface area contributed by atoms with E-state index in [-0.39, 0.29) is 17.4 Å². The molecule has 0 radical (unpaired) electrons. The van der Waals surface area contributed by atoms with Gasteiger partial charge in [0.1, 0.15) is 11.5 Å². The monoisotopic (exact) mass is 321 g/mol. The summed E-state index contributed by atoms with van der Waals surface area (Å²) in [7, 11) is 0. The highest BCUT2D eigenvalue weighted by atomic mass is 19.4. The Bertz CT molecular complexity index is 711. The summed E-state index contributed by atoms with van der Waals surface area (Å²) in [6, 6.07) is 10.7. The van der Waals surface area contributed by atoms with Crippen LogP contribution in [0.25, 0.3) is 0 Å². The summed E-state index contributed by atoms with van der Waals surface area (Å²) in [5.41, 5.74) is -0.453. The number of alkyl halides is 3. The number of carbonyl (C=O) groups excluding carboxylic acids is 1. The molecule has 0 bridgehead atoms. The van der Waals surface area contributed by atoms with Crippen LogP contribution in [0, 0.1) is 0 Å². The van der Waals surface area contributed by atoms with Gasteiger partial charge in [-0.1, -0.05) is 18.2 Å². The number of benzene rings is 2. The first kappa shape index (κ1) is 16.6. The van der Waals surface area contributed by atoms with Crippen molar-refractivity contribution in [3.8, 4) is 11.5 Å².